The number of hydrogen-bond donors (Lipinski definition) is 2. The largest absolute Gasteiger partial charge is 0.493 e. The lowest BCUT2D eigenvalue weighted by atomic mass is 9.95. The SMILES string of the molecule is COc1cc2c(c(OC)c1OC)-c1ccc(NCCCN3CCCc4ccccc43)c(=O)cc1[C@@H](NC(C)=O)CC2. The third kappa shape index (κ3) is 5.82. The molecule has 8 nitrogen and oxygen atoms in total. The molecule has 0 radical (unpaired) electrons. The third-order valence-corrected chi connectivity index (χ3v) is 8.04. The first kappa shape index (κ1) is 28.3. The second-order valence-electron chi connectivity index (χ2n) is 10.6. The molecule has 3 aromatic carbocycles. The van der Waals surface area contributed by atoms with Gasteiger partial charge in [-0.15, -0.1) is 0 Å². The average Bonchev–Trinajstić information content (AvgIpc) is 3.22. The van der Waals surface area contributed by atoms with E-state index in [-0.39, 0.29) is 17.4 Å². The Labute approximate surface area is 241 Å². The van der Waals surface area contributed by atoms with Crippen LogP contribution in [0.15, 0.2) is 53.3 Å². The minimum atomic E-state index is -0.330. The highest BCUT2D eigenvalue weighted by Crippen LogP contribution is 2.50. The zero-order chi connectivity index (χ0) is 28.9. The number of nitrogens with zero attached hydrogens (tertiary/aromatic N) is 1. The zero-order valence-electron chi connectivity index (χ0n) is 24.3. The molecular weight excluding hydrogens is 518 g/mol. The van der Waals surface area contributed by atoms with Crippen LogP contribution in [0.4, 0.5) is 11.4 Å². The molecule has 8 heteroatoms. The molecule has 3 aromatic rings. The highest BCUT2D eigenvalue weighted by atomic mass is 16.5. The predicted molar refractivity (Wildman–Crippen MR) is 163 cm³/mol. The molecule has 0 fully saturated rings. The Morgan fingerprint density at radius 3 is 2.54 bits per heavy atom. The summed E-state index contributed by atoms with van der Waals surface area (Å²) in [4.78, 5) is 28.1. The summed E-state index contributed by atoms with van der Waals surface area (Å²) in [5, 5.41) is 6.44. The highest BCUT2D eigenvalue weighted by Gasteiger charge is 2.29. The summed E-state index contributed by atoms with van der Waals surface area (Å²) in [7, 11) is 4.78. The molecule has 0 aromatic heterocycles. The Morgan fingerprint density at radius 1 is 0.976 bits per heavy atom. The van der Waals surface area contributed by atoms with Crippen LogP contribution in [-0.4, -0.2) is 46.9 Å². The van der Waals surface area contributed by atoms with E-state index in [4.69, 9.17) is 14.2 Å². The van der Waals surface area contributed by atoms with Gasteiger partial charge in [-0.1, -0.05) is 24.3 Å². The van der Waals surface area contributed by atoms with Crippen molar-refractivity contribution in [3.63, 3.8) is 0 Å². The van der Waals surface area contributed by atoms with Gasteiger partial charge in [-0.05, 0) is 78.6 Å². The maximum atomic E-state index is 13.5. The van der Waals surface area contributed by atoms with Gasteiger partial charge in [-0.3, -0.25) is 9.59 Å². The Morgan fingerprint density at radius 2 is 1.78 bits per heavy atom. The van der Waals surface area contributed by atoms with Crippen LogP contribution >= 0.6 is 0 Å². The number of ether oxygens (including phenoxy) is 3. The number of carbonyl (C=O) groups excluding carboxylic acids is 1. The van der Waals surface area contributed by atoms with Crippen LogP contribution in [0.3, 0.4) is 0 Å². The van der Waals surface area contributed by atoms with E-state index in [0.29, 0.717) is 42.3 Å². The van der Waals surface area contributed by atoms with E-state index in [1.165, 1.54) is 18.2 Å². The Balaban J connectivity index is 1.46. The molecule has 1 aliphatic heterocycles. The summed E-state index contributed by atoms with van der Waals surface area (Å²) in [6, 6.07) is 15.7. The molecular formula is C33H39N3O5. The molecule has 0 spiro atoms. The molecule has 0 unspecified atom stereocenters. The first-order chi connectivity index (χ1) is 19.9. The molecule has 216 valence electrons. The number of benzene rings is 2. The van der Waals surface area contributed by atoms with E-state index in [1.807, 2.05) is 18.2 Å². The van der Waals surface area contributed by atoms with Crippen LogP contribution in [0.5, 0.6) is 17.2 Å². The molecule has 2 N–H and O–H groups in total. The number of carbonyl (C=O) groups is 1. The van der Waals surface area contributed by atoms with E-state index in [0.717, 1.165) is 54.6 Å². The lowest BCUT2D eigenvalue weighted by molar-refractivity contribution is -0.119. The molecule has 0 saturated heterocycles. The molecule has 1 amide bonds. The normalized spacial score (nSPS) is 15.5. The number of fused-ring (bicyclic) bond motifs is 4. The Bertz CT molecular complexity index is 1490. The van der Waals surface area contributed by atoms with E-state index >= 15 is 0 Å². The molecule has 1 atom stereocenters. The van der Waals surface area contributed by atoms with Gasteiger partial charge in [-0.25, -0.2) is 0 Å². The second kappa shape index (κ2) is 12.5. The van der Waals surface area contributed by atoms with Crippen molar-refractivity contribution in [1.29, 1.82) is 0 Å². The molecule has 0 bridgehead atoms. The van der Waals surface area contributed by atoms with Crippen molar-refractivity contribution in [3.05, 3.63) is 75.4 Å². The van der Waals surface area contributed by atoms with Gasteiger partial charge in [0.2, 0.25) is 17.1 Å². The fourth-order valence-corrected chi connectivity index (χ4v) is 6.19. The van der Waals surface area contributed by atoms with E-state index in [2.05, 4.69) is 39.8 Å². The summed E-state index contributed by atoms with van der Waals surface area (Å²) in [6.45, 7) is 4.14. The van der Waals surface area contributed by atoms with Gasteiger partial charge in [-0.2, -0.15) is 0 Å². The first-order valence-electron chi connectivity index (χ1n) is 14.3. The highest BCUT2D eigenvalue weighted by molar-refractivity contribution is 5.83. The maximum Gasteiger partial charge on any atom is 0.217 e. The Hall–Kier alpha value is -4.20. The van der Waals surface area contributed by atoms with Crippen LogP contribution < -0.4 is 35.2 Å². The maximum absolute atomic E-state index is 13.5. The zero-order valence-corrected chi connectivity index (χ0v) is 24.3. The number of rotatable bonds is 9. The standard InChI is InChI=1S/C33H39N3O5/c1-21(37)35-26-14-12-23-19-30(39-2)32(40-3)33(41-4)31(23)24-13-15-27(29(38)20-25(24)26)34-16-8-18-36-17-7-10-22-9-5-6-11-28(22)36/h5-6,9,11,13,15,19-20,26H,7-8,10,12,14,16-18H2,1-4H3,(H,34,38)(H,35,37)/t26-/m0/s1. The number of aryl methyl sites for hydroxylation is 2. The lowest BCUT2D eigenvalue weighted by Gasteiger charge is -2.31. The molecule has 1 aliphatic carbocycles. The molecule has 0 saturated carbocycles. The van der Waals surface area contributed by atoms with Crippen molar-refractivity contribution >= 4 is 17.3 Å². The summed E-state index contributed by atoms with van der Waals surface area (Å²) < 4.78 is 17.2. The van der Waals surface area contributed by atoms with Crippen molar-refractivity contribution in [2.75, 3.05) is 51.2 Å². The van der Waals surface area contributed by atoms with Crippen molar-refractivity contribution in [2.24, 2.45) is 0 Å². The van der Waals surface area contributed by atoms with Gasteiger partial charge in [0.25, 0.3) is 0 Å². The van der Waals surface area contributed by atoms with Crippen LogP contribution in [0, 0.1) is 0 Å². The monoisotopic (exact) mass is 557 g/mol. The van der Waals surface area contributed by atoms with Gasteiger partial charge in [0.1, 0.15) is 0 Å². The van der Waals surface area contributed by atoms with E-state index in [1.54, 1.807) is 27.4 Å². The van der Waals surface area contributed by atoms with Crippen molar-refractivity contribution in [1.82, 2.24) is 5.32 Å². The second-order valence-corrected chi connectivity index (χ2v) is 10.6. The topological polar surface area (TPSA) is 89.1 Å². The summed E-state index contributed by atoms with van der Waals surface area (Å²) in [5.41, 5.74) is 6.57. The number of amides is 1. The minimum Gasteiger partial charge on any atom is -0.493 e. The number of methoxy groups -OCH3 is 3. The summed E-state index contributed by atoms with van der Waals surface area (Å²) in [6.07, 6.45) is 4.47. The van der Waals surface area contributed by atoms with Crippen molar-refractivity contribution in [3.8, 4) is 28.4 Å². The van der Waals surface area contributed by atoms with Crippen LogP contribution in [0.1, 0.15) is 48.9 Å². The number of anilines is 2. The minimum absolute atomic E-state index is 0.118. The Kier molecular flexibility index (Phi) is 8.67. The third-order valence-electron chi connectivity index (χ3n) is 8.04. The number of hydrogen-bond acceptors (Lipinski definition) is 7. The van der Waals surface area contributed by atoms with Gasteiger partial charge in [0, 0.05) is 37.8 Å². The van der Waals surface area contributed by atoms with Crippen LogP contribution in [-0.2, 0) is 17.6 Å². The molecule has 2 aliphatic rings. The number of para-hydroxylation sites is 1. The smallest absolute Gasteiger partial charge is 0.217 e. The molecule has 1 heterocycles. The number of nitrogens with one attached hydrogen (secondary N) is 2. The van der Waals surface area contributed by atoms with Crippen LogP contribution in [0.25, 0.3) is 11.1 Å². The van der Waals surface area contributed by atoms with Crippen molar-refractivity contribution in [2.45, 2.75) is 45.1 Å². The van der Waals surface area contributed by atoms with Crippen molar-refractivity contribution < 1.29 is 19.0 Å². The van der Waals surface area contributed by atoms with Crippen LogP contribution in [0.2, 0.25) is 0 Å². The van der Waals surface area contributed by atoms with E-state index < -0.39 is 0 Å². The van der Waals surface area contributed by atoms with Gasteiger partial charge in [0.15, 0.2) is 11.5 Å². The average molecular weight is 558 g/mol. The lowest BCUT2D eigenvalue weighted by Crippen LogP contribution is -2.31. The van der Waals surface area contributed by atoms with Gasteiger partial charge >= 0.3 is 0 Å². The van der Waals surface area contributed by atoms with Gasteiger partial charge in [0.05, 0.1) is 33.1 Å². The fraction of sp³-hybridized carbons (Fsp3) is 0.394. The van der Waals surface area contributed by atoms with Gasteiger partial charge < -0.3 is 29.7 Å². The summed E-state index contributed by atoms with van der Waals surface area (Å²) >= 11 is 0. The quantitative estimate of drug-likeness (QED) is 0.353. The predicted octanol–water partition coefficient (Wildman–Crippen LogP) is 5.12. The molecule has 41 heavy (non-hydrogen) atoms. The summed E-state index contributed by atoms with van der Waals surface area (Å²) in [5.74, 6) is 1.46. The molecule has 5 rings (SSSR count). The fourth-order valence-electron chi connectivity index (χ4n) is 6.19. The first-order valence-corrected chi connectivity index (χ1v) is 14.3. The van der Waals surface area contributed by atoms with E-state index in [9.17, 15) is 9.59 Å².